The summed E-state index contributed by atoms with van der Waals surface area (Å²) in [6.07, 6.45) is 4.81. The van der Waals surface area contributed by atoms with E-state index in [1.54, 1.807) is 30.3 Å². The first-order valence-electron chi connectivity index (χ1n) is 8.40. The van der Waals surface area contributed by atoms with Gasteiger partial charge in [-0.1, -0.05) is 26.2 Å². The summed E-state index contributed by atoms with van der Waals surface area (Å²) in [7, 11) is -3.52. The molecule has 2 aromatic carbocycles. The number of hydrogen-bond acceptors (Lipinski definition) is 4. The van der Waals surface area contributed by atoms with Crippen molar-refractivity contribution < 1.29 is 8.42 Å². The van der Waals surface area contributed by atoms with Gasteiger partial charge in [0.05, 0.1) is 9.79 Å². The number of sulfone groups is 1. The molecule has 0 atom stereocenters. The Morgan fingerprint density at radius 2 is 1.71 bits per heavy atom. The normalized spacial score (nSPS) is 11.4. The van der Waals surface area contributed by atoms with Gasteiger partial charge in [0.25, 0.3) is 0 Å². The molecule has 0 saturated heterocycles. The van der Waals surface area contributed by atoms with E-state index >= 15 is 0 Å². The van der Waals surface area contributed by atoms with Crippen LogP contribution in [0.25, 0.3) is 0 Å². The topological polar surface area (TPSA) is 72.2 Å². The number of unbranched alkanes of at least 4 members (excludes halogenated alkanes) is 3. The molecule has 4 nitrogen and oxygen atoms in total. The molecule has 0 aliphatic heterocycles. The van der Waals surface area contributed by atoms with Crippen LogP contribution < -0.4 is 11.1 Å². The van der Waals surface area contributed by atoms with E-state index in [1.807, 2.05) is 19.1 Å². The number of hydrogen-bond donors (Lipinski definition) is 2. The molecule has 0 saturated carbocycles. The summed E-state index contributed by atoms with van der Waals surface area (Å²) in [5, 5.41) is 3.36. The first-order chi connectivity index (χ1) is 11.4. The van der Waals surface area contributed by atoms with Gasteiger partial charge in [-0.25, -0.2) is 8.42 Å². The summed E-state index contributed by atoms with van der Waals surface area (Å²) in [6.45, 7) is 4.92. The lowest BCUT2D eigenvalue weighted by Crippen LogP contribution is -2.06. The van der Waals surface area contributed by atoms with Crippen molar-refractivity contribution in [1.29, 1.82) is 0 Å². The Balaban J connectivity index is 2.12. The molecule has 0 aliphatic carbocycles. The summed E-state index contributed by atoms with van der Waals surface area (Å²) >= 11 is 0. The van der Waals surface area contributed by atoms with Gasteiger partial charge < -0.3 is 11.1 Å². The van der Waals surface area contributed by atoms with Gasteiger partial charge in [-0.05, 0) is 61.4 Å². The highest BCUT2D eigenvalue weighted by molar-refractivity contribution is 7.91. The van der Waals surface area contributed by atoms with Gasteiger partial charge >= 0.3 is 0 Å². The van der Waals surface area contributed by atoms with Gasteiger partial charge in [0, 0.05) is 17.9 Å². The van der Waals surface area contributed by atoms with Crippen LogP contribution in [-0.2, 0) is 9.84 Å². The minimum Gasteiger partial charge on any atom is -0.399 e. The van der Waals surface area contributed by atoms with Crippen LogP contribution in [0.5, 0.6) is 0 Å². The number of rotatable bonds is 8. The maximum Gasteiger partial charge on any atom is 0.206 e. The molecule has 0 aliphatic rings. The molecule has 2 rings (SSSR count). The Morgan fingerprint density at radius 1 is 1.00 bits per heavy atom. The fraction of sp³-hybridized carbons (Fsp3) is 0.368. The average Bonchev–Trinajstić information content (AvgIpc) is 2.55. The SMILES string of the molecule is CCCCCCNc1ccc(S(=O)(=O)c2ccc(N)cc2)c(C)c1. The smallest absolute Gasteiger partial charge is 0.206 e. The van der Waals surface area contributed by atoms with Crippen molar-refractivity contribution in [3.63, 3.8) is 0 Å². The van der Waals surface area contributed by atoms with Crippen LogP contribution in [0.4, 0.5) is 11.4 Å². The minimum absolute atomic E-state index is 0.264. The highest BCUT2D eigenvalue weighted by atomic mass is 32.2. The molecular weight excluding hydrogens is 320 g/mol. The van der Waals surface area contributed by atoms with Crippen molar-refractivity contribution in [3.8, 4) is 0 Å². The van der Waals surface area contributed by atoms with Gasteiger partial charge in [-0.2, -0.15) is 0 Å². The third-order valence-electron chi connectivity index (χ3n) is 4.01. The van der Waals surface area contributed by atoms with E-state index in [-0.39, 0.29) is 4.90 Å². The van der Waals surface area contributed by atoms with Crippen LogP contribution in [0, 0.1) is 6.92 Å². The number of nitrogens with two attached hydrogens (primary N) is 1. The van der Waals surface area contributed by atoms with Gasteiger partial charge in [0.1, 0.15) is 0 Å². The quantitative estimate of drug-likeness (QED) is 0.549. The second-order valence-electron chi connectivity index (χ2n) is 6.04. The lowest BCUT2D eigenvalue weighted by molar-refractivity contribution is 0.595. The Labute approximate surface area is 145 Å². The Hall–Kier alpha value is -2.01. The van der Waals surface area contributed by atoms with Crippen LogP contribution in [0.15, 0.2) is 52.3 Å². The first kappa shape index (κ1) is 18.3. The molecule has 0 bridgehead atoms. The molecule has 0 amide bonds. The van der Waals surface area contributed by atoms with Gasteiger partial charge in [-0.3, -0.25) is 0 Å². The zero-order valence-corrected chi connectivity index (χ0v) is 15.2. The van der Waals surface area contributed by atoms with E-state index in [4.69, 9.17) is 5.73 Å². The van der Waals surface area contributed by atoms with Crippen molar-refractivity contribution >= 4 is 21.2 Å². The van der Waals surface area contributed by atoms with Gasteiger partial charge in [-0.15, -0.1) is 0 Å². The van der Waals surface area contributed by atoms with Crippen LogP contribution >= 0.6 is 0 Å². The molecule has 24 heavy (non-hydrogen) atoms. The van der Waals surface area contributed by atoms with Gasteiger partial charge in [0.15, 0.2) is 0 Å². The molecular formula is C19H26N2O2S. The molecule has 3 N–H and O–H groups in total. The fourth-order valence-corrected chi connectivity index (χ4v) is 4.10. The zero-order valence-electron chi connectivity index (χ0n) is 14.4. The summed E-state index contributed by atoms with van der Waals surface area (Å²) in [5.74, 6) is 0. The minimum atomic E-state index is -3.52. The maximum atomic E-state index is 12.7. The molecule has 0 fully saturated rings. The molecule has 0 heterocycles. The Kier molecular flexibility index (Phi) is 6.26. The lowest BCUT2D eigenvalue weighted by atomic mass is 10.2. The highest BCUT2D eigenvalue weighted by Crippen LogP contribution is 2.26. The summed E-state index contributed by atoms with van der Waals surface area (Å²) in [6, 6.07) is 11.7. The highest BCUT2D eigenvalue weighted by Gasteiger charge is 2.19. The van der Waals surface area contributed by atoms with Crippen LogP contribution in [0.2, 0.25) is 0 Å². The average molecular weight is 346 g/mol. The predicted molar refractivity (Wildman–Crippen MR) is 100 cm³/mol. The molecule has 0 radical (unpaired) electrons. The van der Waals surface area contributed by atoms with Crippen LogP contribution in [-0.4, -0.2) is 15.0 Å². The van der Waals surface area contributed by atoms with Crippen molar-refractivity contribution in [2.75, 3.05) is 17.6 Å². The molecule has 0 unspecified atom stereocenters. The van der Waals surface area contributed by atoms with E-state index in [9.17, 15) is 8.42 Å². The maximum absolute atomic E-state index is 12.7. The number of nitrogens with one attached hydrogen (secondary N) is 1. The van der Waals surface area contributed by atoms with E-state index in [0.29, 0.717) is 10.6 Å². The van der Waals surface area contributed by atoms with Crippen molar-refractivity contribution in [2.24, 2.45) is 0 Å². The van der Waals surface area contributed by atoms with Crippen molar-refractivity contribution in [1.82, 2.24) is 0 Å². The molecule has 0 spiro atoms. The number of aryl methyl sites for hydroxylation is 1. The number of anilines is 2. The second kappa shape index (κ2) is 8.20. The Bertz CT molecular complexity index is 768. The second-order valence-corrected chi connectivity index (χ2v) is 7.96. The molecule has 130 valence electrons. The molecule has 5 heteroatoms. The standard InChI is InChI=1S/C19H26N2O2S/c1-3-4-5-6-13-21-17-9-12-19(15(2)14-17)24(22,23)18-10-7-16(20)8-11-18/h7-12,14,21H,3-6,13,20H2,1-2H3. The first-order valence-corrected chi connectivity index (χ1v) is 9.88. The van der Waals surface area contributed by atoms with E-state index in [2.05, 4.69) is 12.2 Å². The molecule has 0 aromatic heterocycles. The summed E-state index contributed by atoms with van der Waals surface area (Å²) in [4.78, 5) is 0.601. The van der Waals surface area contributed by atoms with Crippen LogP contribution in [0.1, 0.15) is 38.2 Å². The number of nitrogen functional groups attached to an aromatic ring is 1. The molecule has 2 aromatic rings. The Morgan fingerprint density at radius 3 is 2.33 bits per heavy atom. The van der Waals surface area contributed by atoms with Crippen molar-refractivity contribution in [2.45, 2.75) is 49.3 Å². The summed E-state index contributed by atoms with van der Waals surface area (Å²) < 4.78 is 25.5. The zero-order chi connectivity index (χ0) is 17.6. The monoisotopic (exact) mass is 346 g/mol. The largest absolute Gasteiger partial charge is 0.399 e. The number of benzene rings is 2. The van der Waals surface area contributed by atoms with Gasteiger partial charge in [0.2, 0.25) is 9.84 Å². The third-order valence-corrected chi connectivity index (χ3v) is 5.94. The fourth-order valence-electron chi connectivity index (χ4n) is 2.62. The van der Waals surface area contributed by atoms with E-state index < -0.39 is 9.84 Å². The van der Waals surface area contributed by atoms with Crippen molar-refractivity contribution in [3.05, 3.63) is 48.0 Å². The summed E-state index contributed by atoms with van der Waals surface area (Å²) in [5.41, 5.74) is 7.88. The lowest BCUT2D eigenvalue weighted by Gasteiger charge is -2.11. The third kappa shape index (κ3) is 4.51. The van der Waals surface area contributed by atoms with E-state index in [1.165, 1.54) is 19.3 Å². The van der Waals surface area contributed by atoms with Crippen LogP contribution in [0.3, 0.4) is 0 Å². The van der Waals surface area contributed by atoms with E-state index in [0.717, 1.165) is 24.2 Å². The predicted octanol–water partition coefficient (Wildman–Crippen LogP) is 4.40.